The van der Waals surface area contributed by atoms with Crippen LogP contribution in [-0.4, -0.2) is 43.2 Å². The lowest BCUT2D eigenvalue weighted by atomic mass is 9.90. The third-order valence-corrected chi connectivity index (χ3v) is 8.43. The van der Waals surface area contributed by atoms with Crippen LogP contribution in [0.5, 0.6) is 0 Å². The van der Waals surface area contributed by atoms with Gasteiger partial charge in [-0.1, -0.05) is 54.1 Å². The summed E-state index contributed by atoms with van der Waals surface area (Å²) >= 11 is 5.93. The molecule has 5 nitrogen and oxygen atoms in total. The summed E-state index contributed by atoms with van der Waals surface area (Å²) < 4.78 is 41.4. The summed E-state index contributed by atoms with van der Waals surface area (Å²) in [4.78, 5) is 15.0. The summed E-state index contributed by atoms with van der Waals surface area (Å²) in [5.41, 5.74) is 1.88. The zero-order valence-corrected chi connectivity index (χ0v) is 20.9. The van der Waals surface area contributed by atoms with Crippen molar-refractivity contribution in [3.8, 4) is 0 Å². The summed E-state index contributed by atoms with van der Waals surface area (Å²) in [5.74, 6) is -0.146. The maximum Gasteiger partial charge on any atom is 0.243 e. The molecule has 1 heterocycles. The van der Waals surface area contributed by atoms with E-state index in [1.807, 2.05) is 18.2 Å². The van der Waals surface area contributed by atoms with Crippen molar-refractivity contribution in [1.82, 2.24) is 9.21 Å². The lowest BCUT2D eigenvalue weighted by Gasteiger charge is -2.33. The first kappa shape index (κ1) is 25.4. The Balaban J connectivity index is 1.46. The Morgan fingerprint density at radius 2 is 1.54 bits per heavy atom. The maximum absolute atomic E-state index is 13.4. The second kappa shape index (κ2) is 11.3. The van der Waals surface area contributed by atoms with Crippen LogP contribution in [-0.2, 0) is 27.8 Å². The normalized spacial score (nSPS) is 14.9. The summed E-state index contributed by atoms with van der Waals surface area (Å²) in [6, 6.07) is 21.8. The number of halogens is 2. The molecule has 1 amide bonds. The molecule has 0 bridgehead atoms. The van der Waals surface area contributed by atoms with E-state index in [4.69, 9.17) is 11.6 Å². The van der Waals surface area contributed by atoms with E-state index >= 15 is 0 Å². The van der Waals surface area contributed by atoms with Crippen LogP contribution in [0.3, 0.4) is 0 Å². The molecule has 0 aromatic heterocycles. The molecular formula is C27H28ClFN2O3S. The van der Waals surface area contributed by atoms with E-state index in [-0.39, 0.29) is 23.9 Å². The summed E-state index contributed by atoms with van der Waals surface area (Å²) in [6.45, 7) is 0.872. The molecule has 3 aromatic rings. The van der Waals surface area contributed by atoms with Crippen LogP contribution < -0.4 is 0 Å². The zero-order chi connectivity index (χ0) is 24.8. The number of nitrogens with zero attached hydrogens (tertiary/aromatic N) is 2. The van der Waals surface area contributed by atoms with Gasteiger partial charge < -0.3 is 4.90 Å². The smallest absolute Gasteiger partial charge is 0.243 e. The van der Waals surface area contributed by atoms with Crippen molar-refractivity contribution in [3.63, 3.8) is 0 Å². The van der Waals surface area contributed by atoms with Gasteiger partial charge in [0, 0.05) is 24.7 Å². The first-order valence-electron chi connectivity index (χ1n) is 11.6. The number of sulfonamides is 1. The molecular weight excluding hydrogens is 487 g/mol. The van der Waals surface area contributed by atoms with E-state index < -0.39 is 15.8 Å². The number of likely N-dealkylation sites (tertiary alicyclic amines) is 1. The number of carbonyl (C=O) groups excluding carboxylic acids is 1. The van der Waals surface area contributed by atoms with E-state index in [1.165, 1.54) is 54.1 Å². The Labute approximate surface area is 211 Å². The van der Waals surface area contributed by atoms with Gasteiger partial charge in [0.2, 0.25) is 15.9 Å². The highest BCUT2D eigenvalue weighted by molar-refractivity contribution is 7.89. The van der Waals surface area contributed by atoms with Crippen LogP contribution >= 0.6 is 11.6 Å². The van der Waals surface area contributed by atoms with Crippen LogP contribution in [0.2, 0.25) is 5.02 Å². The van der Waals surface area contributed by atoms with E-state index in [9.17, 15) is 17.6 Å². The number of rotatable bonds is 8. The van der Waals surface area contributed by atoms with Crippen molar-refractivity contribution < 1.29 is 17.6 Å². The number of carbonyl (C=O) groups is 1. The van der Waals surface area contributed by atoms with Gasteiger partial charge in [-0.05, 0) is 72.7 Å². The van der Waals surface area contributed by atoms with E-state index in [1.54, 1.807) is 4.90 Å². The van der Waals surface area contributed by atoms with Gasteiger partial charge in [0.1, 0.15) is 5.82 Å². The van der Waals surface area contributed by atoms with E-state index in [0.29, 0.717) is 29.6 Å². The number of benzene rings is 3. The van der Waals surface area contributed by atoms with Crippen LogP contribution in [0.4, 0.5) is 4.39 Å². The molecule has 1 aliphatic heterocycles. The SMILES string of the molecule is O=C(CN(Cc1ccc(F)cc1)S(=O)(=O)c1ccc(Cl)cc1)N1CCC(Cc2ccccc2)CC1. The predicted molar refractivity (Wildman–Crippen MR) is 135 cm³/mol. The van der Waals surface area contributed by atoms with Crippen molar-refractivity contribution in [2.24, 2.45) is 5.92 Å². The molecule has 0 unspecified atom stereocenters. The number of hydrogen-bond acceptors (Lipinski definition) is 3. The molecule has 4 rings (SSSR count). The second-order valence-corrected chi connectivity index (χ2v) is 11.2. The van der Waals surface area contributed by atoms with Crippen molar-refractivity contribution in [1.29, 1.82) is 0 Å². The van der Waals surface area contributed by atoms with Gasteiger partial charge >= 0.3 is 0 Å². The van der Waals surface area contributed by atoms with Gasteiger partial charge in [-0.3, -0.25) is 4.79 Å². The third-order valence-electron chi connectivity index (χ3n) is 6.37. The zero-order valence-electron chi connectivity index (χ0n) is 19.3. The molecule has 0 radical (unpaired) electrons. The summed E-state index contributed by atoms with van der Waals surface area (Å²) in [7, 11) is -3.98. The Morgan fingerprint density at radius 3 is 2.17 bits per heavy atom. The fraction of sp³-hybridized carbons (Fsp3) is 0.296. The van der Waals surface area contributed by atoms with Crippen LogP contribution in [0.15, 0.2) is 83.8 Å². The van der Waals surface area contributed by atoms with Gasteiger partial charge in [-0.15, -0.1) is 0 Å². The molecule has 0 N–H and O–H groups in total. The standard InChI is InChI=1S/C27H28ClFN2O3S/c28-24-8-12-26(13-9-24)35(33,34)31(19-23-6-10-25(29)11-7-23)20-27(32)30-16-14-22(15-17-30)18-21-4-2-1-3-5-21/h1-13,22H,14-20H2. The Bertz CT molecular complexity index is 1230. The maximum atomic E-state index is 13.4. The minimum Gasteiger partial charge on any atom is -0.342 e. The molecule has 1 fully saturated rings. The largest absolute Gasteiger partial charge is 0.342 e. The fourth-order valence-electron chi connectivity index (χ4n) is 4.36. The first-order chi connectivity index (χ1) is 16.8. The molecule has 35 heavy (non-hydrogen) atoms. The van der Waals surface area contributed by atoms with Gasteiger partial charge in [0.25, 0.3) is 0 Å². The van der Waals surface area contributed by atoms with Gasteiger partial charge in [-0.25, -0.2) is 12.8 Å². The van der Waals surface area contributed by atoms with Crippen LogP contribution in [0.25, 0.3) is 0 Å². The monoisotopic (exact) mass is 514 g/mol. The molecule has 1 aliphatic rings. The minimum absolute atomic E-state index is 0.0402. The second-order valence-electron chi connectivity index (χ2n) is 8.87. The first-order valence-corrected chi connectivity index (χ1v) is 13.4. The van der Waals surface area contributed by atoms with Crippen molar-refractivity contribution in [2.75, 3.05) is 19.6 Å². The van der Waals surface area contributed by atoms with E-state index in [0.717, 1.165) is 23.6 Å². The molecule has 1 saturated heterocycles. The highest BCUT2D eigenvalue weighted by atomic mass is 35.5. The van der Waals surface area contributed by atoms with Gasteiger partial charge in [0.05, 0.1) is 11.4 Å². The molecule has 8 heteroatoms. The summed E-state index contributed by atoms with van der Waals surface area (Å²) in [5, 5.41) is 0.420. The van der Waals surface area contributed by atoms with Gasteiger partial charge in [-0.2, -0.15) is 4.31 Å². The molecule has 3 aromatic carbocycles. The molecule has 0 spiro atoms. The summed E-state index contributed by atoms with van der Waals surface area (Å²) in [6.07, 6.45) is 2.73. The average molecular weight is 515 g/mol. The Kier molecular flexibility index (Phi) is 8.21. The number of amides is 1. The van der Waals surface area contributed by atoms with Crippen LogP contribution in [0.1, 0.15) is 24.0 Å². The predicted octanol–water partition coefficient (Wildman–Crippen LogP) is 5.15. The topological polar surface area (TPSA) is 57.7 Å². The molecule has 0 atom stereocenters. The molecule has 184 valence electrons. The fourth-order valence-corrected chi connectivity index (χ4v) is 5.86. The van der Waals surface area contributed by atoms with Crippen molar-refractivity contribution in [3.05, 3.63) is 101 Å². The lowest BCUT2D eigenvalue weighted by molar-refractivity contribution is -0.132. The lowest BCUT2D eigenvalue weighted by Crippen LogP contribution is -2.45. The van der Waals surface area contributed by atoms with Crippen molar-refractivity contribution in [2.45, 2.75) is 30.7 Å². The number of hydrogen-bond donors (Lipinski definition) is 0. The quantitative estimate of drug-likeness (QED) is 0.417. The van der Waals surface area contributed by atoms with E-state index in [2.05, 4.69) is 12.1 Å². The molecule has 0 saturated carbocycles. The molecule has 0 aliphatic carbocycles. The third kappa shape index (κ3) is 6.69. The minimum atomic E-state index is -3.98. The average Bonchev–Trinajstić information content (AvgIpc) is 2.86. The van der Waals surface area contributed by atoms with Crippen molar-refractivity contribution >= 4 is 27.5 Å². The Morgan fingerprint density at radius 1 is 0.914 bits per heavy atom. The highest BCUT2D eigenvalue weighted by Crippen LogP contribution is 2.24. The van der Waals surface area contributed by atoms with Gasteiger partial charge in [0.15, 0.2) is 0 Å². The highest BCUT2D eigenvalue weighted by Gasteiger charge is 2.30. The number of piperidine rings is 1. The Hall–Kier alpha value is -2.74. The van der Waals surface area contributed by atoms with Crippen LogP contribution in [0, 0.1) is 11.7 Å².